The SMILES string of the molecule is C=C(C)CCC[C@@H](COS(=O)(=O)[O-])[C@H]1CC[C@H]2[C@@H]3CC[C@@H]4[C@H](O)[C@H](OS(=O)(=O)[O-])CC[C@]4(C)[C@H]3CC[C@]12C. The van der Waals surface area contributed by atoms with Crippen molar-refractivity contribution >= 4 is 20.8 Å². The quantitative estimate of drug-likeness (QED) is 0.228. The van der Waals surface area contributed by atoms with Crippen LogP contribution in [0.3, 0.4) is 0 Å². The Balaban J connectivity index is 1.51. The molecular weight excluding hydrogens is 532 g/mol. The minimum atomic E-state index is -4.88. The van der Waals surface area contributed by atoms with E-state index in [-0.39, 0.29) is 35.2 Å². The van der Waals surface area contributed by atoms with Gasteiger partial charge in [0.1, 0.15) is 6.10 Å². The van der Waals surface area contributed by atoms with Gasteiger partial charge in [0.05, 0.1) is 12.7 Å². The summed E-state index contributed by atoms with van der Waals surface area (Å²) in [5.41, 5.74) is 0.941. The first-order chi connectivity index (χ1) is 17.6. The van der Waals surface area contributed by atoms with Crippen LogP contribution in [0.1, 0.15) is 91.4 Å². The molecule has 4 aliphatic carbocycles. The highest BCUT2D eigenvalue weighted by atomic mass is 32.3. The molecule has 220 valence electrons. The summed E-state index contributed by atoms with van der Waals surface area (Å²) in [5.74, 6) is 1.45. The lowest BCUT2D eigenvalue weighted by atomic mass is 9.44. The number of rotatable bonds is 10. The smallest absolute Gasteiger partial charge is 0.217 e. The molecule has 0 radical (unpaired) electrons. The zero-order valence-corrected chi connectivity index (χ0v) is 24.5. The van der Waals surface area contributed by atoms with Crippen molar-refractivity contribution in [3.8, 4) is 0 Å². The normalized spacial score (nSPS) is 42.1. The molecule has 0 aromatic rings. The van der Waals surface area contributed by atoms with Gasteiger partial charge in [-0.15, -0.1) is 6.58 Å². The van der Waals surface area contributed by atoms with E-state index in [1.165, 1.54) is 0 Å². The predicted octanol–water partition coefficient (Wildman–Crippen LogP) is 4.30. The number of hydrogen-bond acceptors (Lipinski definition) is 9. The van der Waals surface area contributed by atoms with Crippen molar-refractivity contribution in [2.75, 3.05) is 6.61 Å². The molecule has 11 heteroatoms. The molecule has 9 nitrogen and oxygen atoms in total. The molecular formula is C27H44O9S2-2. The highest BCUT2D eigenvalue weighted by Crippen LogP contribution is 2.68. The van der Waals surface area contributed by atoms with Crippen LogP contribution >= 0.6 is 0 Å². The maximum atomic E-state index is 11.3. The van der Waals surface area contributed by atoms with Gasteiger partial charge in [-0.05, 0) is 124 Å². The molecule has 0 heterocycles. The lowest BCUT2D eigenvalue weighted by Crippen LogP contribution is -2.59. The number of fused-ring (bicyclic) bond motifs is 5. The molecule has 4 aliphatic rings. The third-order valence-electron chi connectivity index (χ3n) is 11.2. The molecule has 38 heavy (non-hydrogen) atoms. The number of aliphatic hydroxyl groups excluding tert-OH is 1. The van der Waals surface area contributed by atoms with Gasteiger partial charge >= 0.3 is 0 Å². The maximum absolute atomic E-state index is 11.3. The first kappa shape index (κ1) is 30.4. The van der Waals surface area contributed by atoms with Crippen LogP contribution in [0.5, 0.6) is 0 Å². The van der Waals surface area contributed by atoms with Gasteiger partial charge in [0, 0.05) is 0 Å². The third kappa shape index (κ3) is 6.19. The molecule has 0 amide bonds. The first-order valence-electron chi connectivity index (χ1n) is 14.1. The molecule has 4 fully saturated rings. The van der Waals surface area contributed by atoms with E-state index in [0.29, 0.717) is 30.6 Å². The zero-order valence-electron chi connectivity index (χ0n) is 22.8. The summed E-state index contributed by atoms with van der Waals surface area (Å²) in [6.07, 6.45) is 7.31. The van der Waals surface area contributed by atoms with Gasteiger partial charge in [-0.2, -0.15) is 0 Å². The highest BCUT2D eigenvalue weighted by molar-refractivity contribution is 7.81. The summed E-state index contributed by atoms with van der Waals surface area (Å²) in [7, 11) is -9.64. The first-order valence-corrected chi connectivity index (χ1v) is 16.8. The second kappa shape index (κ2) is 11.0. The van der Waals surface area contributed by atoms with E-state index in [1.54, 1.807) is 0 Å². The predicted molar refractivity (Wildman–Crippen MR) is 139 cm³/mol. The topological polar surface area (TPSA) is 153 Å². The molecule has 10 atom stereocenters. The average Bonchev–Trinajstić information content (AvgIpc) is 3.14. The van der Waals surface area contributed by atoms with Gasteiger partial charge in [0.15, 0.2) is 0 Å². The van der Waals surface area contributed by atoms with E-state index in [1.807, 2.05) is 6.92 Å². The summed E-state index contributed by atoms with van der Waals surface area (Å²) in [4.78, 5) is 0. The van der Waals surface area contributed by atoms with E-state index in [4.69, 9.17) is 8.37 Å². The van der Waals surface area contributed by atoms with Crippen LogP contribution in [0.25, 0.3) is 0 Å². The monoisotopic (exact) mass is 576 g/mol. The Bertz CT molecular complexity index is 1090. The zero-order chi connectivity index (χ0) is 28.1. The Labute approximate surface area is 228 Å². The van der Waals surface area contributed by atoms with Crippen molar-refractivity contribution < 1.29 is 39.4 Å². The number of allylic oxidation sites excluding steroid dienone is 1. The fraction of sp³-hybridized carbons (Fsp3) is 0.926. The molecule has 0 saturated heterocycles. The second-order valence-electron chi connectivity index (χ2n) is 13.2. The number of aliphatic hydroxyl groups is 1. The lowest BCUT2D eigenvalue weighted by molar-refractivity contribution is -0.171. The van der Waals surface area contributed by atoms with E-state index >= 15 is 0 Å². The van der Waals surface area contributed by atoms with Crippen molar-refractivity contribution in [1.82, 2.24) is 0 Å². The van der Waals surface area contributed by atoms with E-state index in [0.717, 1.165) is 63.4 Å². The standard InChI is InChI=1S/C27H46O9S2/c1-17(2)6-5-7-18(16-35-37(29,30)31)20-10-11-21-19-8-9-23-25(28)24(36-38(32,33)34)13-15-27(23,4)22(19)12-14-26(20,21)3/h18-25,28H,1,5-16H2,2-4H3,(H,29,30,31)(H,32,33,34)/p-2/t18-,19-,20+,21-,22-,23+,24+,25-,26+,27+/m0/s1. The maximum Gasteiger partial charge on any atom is 0.217 e. The van der Waals surface area contributed by atoms with Crippen molar-refractivity contribution in [1.29, 1.82) is 0 Å². The Morgan fingerprint density at radius 2 is 1.58 bits per heavy atom. The van der Waals surface area contributed by atoms with E-state index in [2.05, 4.69) is 20.4 Å². The third-order valence-corrected chi connectivity index (χ3v) is 12.1. The minimum absolute atomic E-state index is 0.0139. The Kier molecular flexibility index (Phi) is 8.82. The van der Waals surface area contributed by atoms with Gasteiger partial charge in [-0.1, -0.05) is 19.4 Å². The minimum Gasteiger partial charge on any atom is -0.726 e. The molecule has 0 aromatic heterocycles. The molecule has 0 unspecified atom stereocenters. The van der Waals surface area contributed by atoms with Crippen LogP contribution in [-0.2, 0) is 29.2 Å². The Morgan fingerprint density at radius 1 is 0.947 bits per heavy atom. The van der Waals surface area contributed by atoms with Gasteiger partial charge in [0.25, 0.3) is 0 Å². The molecule has 0 aromatic carbocycles. The van der Waals surface area contributed by atoms with Crippen LogP contribution in [0.4, 0.5) is 0 Å². The second-order valence-corrected chi connectivity index (χ2v) is 15.2. The summed E-state index contributed by atoms with van der Waals surface area (Å²) in [5, 5.41) is 11.1. The van der Waals surface area contributed by atoms with Crippen molar-refractivity contribution in [3.63, 3.8) is 0 Å². The van der Waals surface area contributed by atoms with Gasteiger partial charge in [-0.25, -0.2) is 16.8 Å². The van der Waals surface area contributed by atoms with Crippen LogP contribution in [-0.4, -0.2) is 49.9 Å². The molecule has 4 saturated carbocycles. The summed E-state index contributed by atoms with van der Waals surface area (Å²) >= 11 is 0. The molecule has 0 bridgehead atoms. The van der Waals surface area contributed by atoms with E-state index < -0.39 is 33.0 Å². The largest absolute Gasteiger partial charge is 0.726 e. The van der Waals surface area contributed by atoms with Gasteiger partial charge < -0.3 is 14.2 Å². The highest BCUT2D eigenvalue weighted by Gasteiger charge is 2.62. The van der Waals surface area contributed by atoms with Crippen LogP contribution < -0.4 is 0 Å². The van der Waals surface area contributed by atoms with Crippen LogP contribution in [0.2, 0.25) is 0 Å². The Morgan fingerprint density at radius 3 is 2.21 bits per heavy atom. The van der Waals surface area contributed by atoms with Crippen LogP contribution in [0, 0.1) is 46.3 Å². The summed E-state index contributed by atoms with van der Waals surface area (Å²) in [6, 6.07) is 0. The molecule has 4 rings (SSSR count). The van der Waals surface area contributed by atoms with Crippen LogP contribution in [0.15, 0.2) is 12.2 Å². The van der Waals surface area contributed by atoms with Crippen molar-refractivity contribution in [2.24, 2.45) is 46.3 Å². The van der Waals surface area contributed by atoms with Gasteiger partial charge in [-0.3, -0.25) is 8.37 Å². The molecule has 0 spiro atoms. The van der Waals surface area contributed by atoms with Crippen molar-refractivity contribution in [3.05, 3.63) is 12.2 Å². The fourth-order valence-electron chi connectivity index (χ4n) is 9.61. The molecule has 0 aliphatic heterocycles. The Hall–Kier alpha value is -0.560. The average molecular weight is 577 g/mol. The van der Waals surface area contributed by atoms with Crippen molar-refractivity contribution in [2.45, 2.75) is 104 Å². The van der Waals surface area contributed by atoms with E-state index in [9.17, 15) is 31.0 Å². The fourth-order valence-corrected chi connectivity index (χ4v) is 10.5. The lowest BCUT2D eigenvalue weighted by Gasteiger charge is -2.62. The molecule has 1 N–H and O–H groups in total. The van der Waals surface area contributed by atoms with Gasteiger partial charge in [0.2, 0.25) is 20.8 Å². The number of hydrogen-bond donors (Lipinski definition) is 1. The summed E-state index contributed by atoms with van der Waals surface area (Å²) in [6.45, 7) is 10.5. The summed E-state index contributed by atoms with van der Waals surface area (Å²) < 4.78 is 77.1.